The van der Waals surface area contributed by atoms with E-state index in [-0.39, 0.29) is 5.97 Å². The molecule has 0 amide bonds. The molecular formula is C18H35O4P. The first-order chi connectivity index (χ1) is 10.9. The van der Waals surface area contributed by atoms with E-state index in [4.69, 9.17) is 4.74 Å². The third kappa shape index (κ3) is 14.7. The van der Waals surface area contributed by atoms with Crippen molar-refractivity contribution >= 4 is 13.3 Å². The highest BCUT2D eigenvalue weighted by Crippen LogP contribution is 2.42. The lowest BCUT2D eigenvalue weighted by atomic mass is 10.1. The van der Waals surface area contributed by atoms with E-state index in [1.54, 1.807) is 6.92 Å². The third-order valence-electron chi connectivity index (χ3n) is 3.84. The SMILES string of the molecule is C=C(C)C(=O)OCCCCCCP(=O)(O)CCCCCCCC. The van der Waals surface area contributed by atoms with Gasteiger partial charge in [-0.05, 0) is 26.2 Å². The van der Waals surface area contributed by atoms with Crippen molar-refractivity contribution in [3.63, 3.8) is 0 Å². The zero-order chi connectivity index (χ0) is 17.6. The van der Waals surface area contributed by atoms with Crippen LogP contribution in [0.1, 0.15) is 78.1 Å². The van der Waals surface area contributed by atoms with Gasteiger partial charge in [-0.15, -0.1) is 0 Å². The summed E-state index contributed by atoms with van der Waals surface area (Å²) < 4.78 is 17.0. The summed E-state index contributed by atoms with van der Waals surface area (Å²) in [6.45, 7) is 7.74. The Morgan fingerprint density at radius 1 is 0.957 bits per heavy atom. The van der Waals surface area contributed by atoms with E-state index in [0.717, 1.165) is 38.5 Å². The van der Waals surface area contributed by atoms with E-state index in [2.05, 4.69) is 13.5 Å². The maximum absolute atomic E-state index is 12.0. The molecule has 0 saturated heterocycles. The fourth-order valence-corrected chi connectivity index (χ4v) is 4.01. The summed E-state index contributed by atoms with van der Waals surface area (Å²) >= 11 is 0. The van der Waals surface area contributed by atoms with Crippen LogP contribution in [0, 0.1) is 0 Å². The minimum Gasteiger partial charge on any atom is -0.462 e. The summed E-state index contributed by atoms with van der Waals surface area (Å²) in [6.07, 6.45) is 11.1. The van der Waals surface area contributed by atoms with Crippen molar-refractivity contribution in [1.82, 2.24) is 0 Å². The Hall–Kier alpha value is -0.600. The molecule has 0 radical (unpaired) electrons. The third-order valence-corrected chi connectivity index (χ3v) is 5.87. The summed E-state index contributed by atoms with van der Waals surface area (Å²) in [4.78, 5) is 21.1. The number of esters is 1. The lowest BCUT2D eigenvalue weighted by Gasteiger charge is -2.11. The quantitative estimate of drug-likeness (QED) is 0.189. The Labute approximate surface area is 142 Å². The van der Waals surface area contributed by atoms with Crippen LogP contribution < -0.4 is 0 Å². The largest absolute Gasteiger partial charge is 0.462 e. The zero-order valence-electron chi connectivity index (χ0n) is 15.0. The van der Waals surface area contributed by atoms with E-state index >= 15 is 0 Å². The van der Waals surface area contributed by atoms with Crippen molar-refractivity contribution in [2.45, 2.75) is 78.1 Å². The van der Waals surface area contributed by atoms with Crippen LogP contribution in [0.3, 0.4) is 0 Å². The van der Waals surface area contributed by atoms with Gasteiger partial charge in [-0.1, -0.05) is 58.4 Å². The van der Waals surface area contributed by atoms with Crippen LogP contribution in [-0.2, 0) is 14.1 Å². The Morgan fingerprint density at radius 2 is 1.43 bits per heavy atom. The highest BCUT2D eigenvalue weighted by Gasteiger charge is 2.16. The molecular weight excluding hydrogens is 311 g/mol. The predicted octanol–water partition coefficient (Wildman–Crippen LogP) is 5.30. The maximum atomic E-state index is 12.0. The molecule has 1 N–H and O–H groups in total. The average Bonchev–Trinajstić information content (AvgIpc) is 2.49. The molecule has 4 nitrogen and oxygen atoms in total. The second-order valence-corrected chi connectivity index (χ2v) is 8.98. The number of rotatable bonds is 15. The Kier molecular flexibility index (Phi) is 13.4. The summed E-state index contributed by atoms with van der Waals surface area (Å²) in [5.41, 5.74) is 0.418. The molecule has 5 heteroatoms. The monoisotopic (exact) mass is 346 g/mol. The fraction of sp³-hybridized carbons (Fsp3) is 0.833. The molecule has 0 saturated carbocycles. The molecule has 0 aliphatic carbocycles. The molecule has 0 fully saturated rings. The van der Waals surface area contributed by atoms with Crippen molar-refractivity contribution in [3.8, 4) is 0 Å². The van der Waals surface area contributed by atoms with Gasteiger partial charge < -0.3 is 9.63 Å². The van der Waals surface area contributed by atoms with Crippen molar-refractivity contribution in [3.05, 3.63) is 12.2 Å². The molecule has 0 aromatic carbocycles. The van der Waals surface area contributed by atoms with E-state index < -0.39 is 7.37 Å². The predicted molar refractivity (Wildman–Crippen MR) is 97.2 cm³/mol. The van der Waals surface area contributed by atoms with Crippen LogP contribution in [0.5, 0.6) is 0 Å². The second kappa shape index (κ2) is 13.8. The highest BCUT2D eigenvalue weighted by molar-refractivity contribution is 7.57. The number of hydrogen-bond acceptors (Lipinski definition) is 3. The van der Waals surface area contributed by atoms with Crippen LogP contribution in [0.4, 0.5) is 0 Å². The van der Waals surface area contributed by atoms with Crippen molar-refractivity contribution in [2.75, 3.05) is 18.9 Å². The minimum absolute atomic E-state index is 0.344. The second-order valence-electron chi connectivity index (χ2n) is 6.39. The van der Waals surface area contributed by atoms with E-state index in [1.165, 1.54) is 25.7 Å². The molecule has 0 rings (SSSR count). The van der Waals surface area contributed by atoms with Gasteiger partial charge in [0.05, 0.1) is 6.61 Å². The van der Waals surface area contributed by atoms with E-state index in [9.17, 15) is 14.3 Å². The number of carbonyl (C=O) groups is 1. The van der Waals surface area contributed by atoms with E-state index in [1.807, 2.05) is 0 Å². The van der Waals surface area contributed by atoms with Crippen LogP contribution in [0.25, 0.3) is 0 Å². The number of ether oxygens (including phenoxy) is 1. The molecule has 0 aliphatic rings. The first-order valence-electron chi connectivity index (χ1n) is 9.02. The maximum Gasteiger partial charge on any atom is 0.333 e. The normalized spacial score (nSPS) is 13.5. The van der Waals surface area contributed by atoms with Gasteiger partial charge in [0.15, 0.2) is 0 Å². The number of hydrogen-bond donors (Lipinski definition) is 1. The van der Waals surface area contributed by atoms with Crippen LogP contribution in [0.2, 0.25) is 0 Å². The Bertz CT molecular complexity index is 379. The Morgan fingerprint density at radius 3 is 1.96 bits per heavy atom. The zero-order valence-corrected chi connectivity index (χ0v) is 15.9. The van der Waals surface area contributed by atoms with Gasteiger partial charge >= 0.3 is 5.97 Å². The number of unbranched alkanes of at least 4 members (excludes halogenated alkanes) is 8. The fourth-order valence-electron chi connectivity index (χ4n) is 2.35. The molecule has 23 heavy (non-hydrogen) atoms. The molecule has 0 spiro atoms. The topological polar surface area (TPSA) is 63.6 Å². The van der Waals surface area contributed by atoms with Gasteiger partial charge in [0.1, 0.15) is 0 Å². The van der Waals surface area contributed by atoms with Gasteiger partial charge in [-0.2, -0.15) is 0 Å². The van der Waals surface area contributed by atoms with Crippen LogP contribution in [0.15, 0.2) is 12.2 Å². The first-order valence-corrected chi connectivity index (χ1v) is 11.1. The number of carbonyl (C=O) groups excluding carboxylic acids is 1. The molecule has 0 bridgehead atoms. The van der Waals surface area contributed by atoms with E-state index in [0.29, 0.717) is 24.5 Å². The van der Waals surface area contributed by atoms with Crippen LogP contribution in [-0.4, -0.2) is 29.8 Å². The van der Waals surface area contributed by atoms with Crippen molar-refractivity contribution < 1.29 is 19.0 Å². The summed E-state index contributed by atoms with van der Waals surface area (Å²) in [6, 6.07) is 0. The molecule has 0 aromatic rings. The Balaban J connectivity index is 3.50. The highest BCUT2D eigenvalue weighted by atomic mass is 31.2. The van der Waals surface area contributed by atoms with Crippen LogP contribution >= 0.6 is 7.37 Å². The van der Waals surface area contributed by atoms with Crippen molar-refractivity contribution in [1.29, 1.82) is 0 Å². The van der Waals surface area contributed by atoms with Gasteiger partial charge in [0.25, 0.3) is 0 Å². The summed E-state index contributed by atoms with van der Waals surface area (Å²) in [5.74, 6) is -0.344. The molecule has 0 heterocycles. The molecule has 1 atom stereocenters. The first kappa shape index (κ1) is 22.4. The van der Waals surface area contributed by atoms with Gasteiger partial charge in [-0.25, -0.2) is 4.79 Å². The molecule has 0 aliphatic heterocycles. The van der Waals surface area contributed by atoms with Gasteiger partial charge in [0.2, 0.25) is 7.37 Å². The molecule has 1 unspecified atom stereocenters. The smallest absolute Gasteiger partial charge is 0.333 e. The van der Waals surface area contributed by atoms with Gasteiger partial charge in [-0.3, -0.25) is 4.57 Å². The molecule has 136 valence electrons. The molecule has 0 aromatic heterocycles. The average molecular weight is 346 g/mol. The van der Waals surface area contributed by atoms with Gasteiger partial charge in [0, 0.05) is 17.9 Å². The van der Waals surface area contributed by atoms with Crippen molar-refractivity contribution in [2.24, 2.45) is 0 Å². The minimum atomic E-state index is -2.93. The summed E-state index contributed by atoms with van der Waals surface area (Å²) in [7, 11) is -2.93. The standard InChI is InChI=1S/C18H35O4P/c1-4-5-6-7-9-12-15-23(20,21)16-13-10-8-11-14-22-18(19)17(2)3/h2,4-16H2,1,3H3,(H,20,21). The summed E-state index contributed by atoms with van der Waals surface area (Å²) in [5, 5.41) is 0. The lowest BCUT2D eigenvalue weighted by Crippen LogP contribution is -2.06. The lowest BCUT2D eigenvalue weighted by molar-refractivity contribution is -0.139.